The number of hydrogen-bond donors (Lipinski definition) is 2. The lowest BCUT2D eigenvalue weighted by Gasteiger charge is -2.20. The van der Waals surface area contributed by atoms with E-state index in [0.29, 0.717) is 5.82 Å². The van der Waals surface area contributed by atoms with E-state index in [9.17, 15) is 0 Å². The SMILES string of the molecule is CCNC(Cc1ccc(C)c(C)c1)c1cccnc1N. The summed E-state index contributed by atoms with van der Waals surface area (Å²) in [5.74, 6) is 0.613. The number of rotatable bonds is 5. The van der Waals surface area contributed by atoms with Crippen LogP contribution in [0.2, 0.25) is 0 Å². The predicted molar refractivity (Wildman–Crippen MR) is 84.7 cm³/mol. The molecule has 0 spiro atoms. The second kappa shape index (κ2) is 6.53. The van der Waals surface area contributed by atoms with Crippen LogP contribution < -0.4 is 11.1 Å². The topological polar surface area (TPSA) is 50.9 Å². The van der Waals surface area contributed by atoms with Crippen molar-refractivity contribution in [1.82, 2.24) is 10.3 Å². The maximum atomic E-state index is 6.01. The first-order chi connectivity index (χ1) is 9.61. The third kappa shape index (κ3) is 3.36. The van der Waals surface area contributed by atoms with E-state index in [-0.39, 0.29) is 6.04 Å². The molecule has 0 amide bonds. The van der Waals surface area contributed by atoms with Crippen LogP contribution in [0, 0.1) is 13.8 Å². The molecule has 0 radical (unpaired) electrons. The summed E-state index contributed by atoms with van der Waals surface area (Å²) in [6.07, 6.45) is 2.66. The summed E-state index contributed by atoms with van der Waals surface area (Å²) in [7, 11) is 0. The largest absolute Gasteiger partial charge is 0.383 e. The lowest BCUT2D eigenvalue weighted by atomic mass is 9.97. The maximum Gasteiger partial charge on any atom is 0.128 e. The van der Waals surface area contributed by atoms with Gasteiger partial charge in [0.15, 0.2) is 0 Å². The van der Waals surface area contributed by atoms with Gasteiger partial charge in [0.1, 0.15) is 5.82 Å². The average molecular weight is 269 g/mol. The second-order valence-corrected chi connectivity index (χ2v) is 5.21. The molecule has 1 aromatic heterocycles. The van der Waals surface area contributed by atoms with Gasteiger partial charge in [-0.25, -0.2) is 4.98 Å². The van der Waals surface area contributed by atoms with Crippen LogP contribution in [0.5, 0.6) is 0 Å². The van der Waals surface area contributed by atoms with Crippen LogP contribution in [0.3, 0.4) is 0 Å². The van der Waals surface area contributed by atoms with E-state index in [1.807, 2.05) is 6.07 Å². The van der Waals surface area contributed by atoms with Crippen LogP contribution in [-0.2, 0) is 6.42 Å². The fraction of sp³-hybridized carbons (Fsp3) is 0.353. The zero-order valence-corrected chi connectivity index (χ0v) is 12.5. The molecule has 0 fully saturated rings. The molecule has 2 aromatic rings. The molecule has 3 N–H and O–H groups in total. The Bertz CT molecular complexity index is 578. The van der Waals surface area contributed by atoms with Crippen molar-refractivity contribution in [2.45, 2.75) is 33.2 Å². The molecule has 1 unspecified atom stereocenters. The molecule has 1 aromatic carbocycles. The van der Waals surface area contributed by atoms with Crippen molar-refractivity contribution in [2.24, 2.45) is 0 Å². The number of anilines is 1. The van der Waals surface area contributed by atoms with Crippen molar-refractivity contribution >= 4 is 5.82 Å². The van der Waals surface area contributed by atoms with E-state index in [1.54, 1.807) is 6.20 Å². The van der Waals surface area contributed by atoms with Crippen molar-refractivity contribution in [1.29, 1.82) is 0 Å². The monoisotopic (exact) mass is 269 g/mol. The Morgan fingerprint density at radius 3 is 2.65 bits per heavy atom. The highest BCUT2D eigenvalue weighted by Crippen LogP contribution is 2.23. The van der Waals surface area contributed by atoms with Crippen molar-refractivity contribution in [3.8, 4) is 0 Å². The third-order valence-electron chi connectivity index (χ3n) is 3.71. The average Bonchev–Trinajstić information content (AvgIpc) is 2.43. The first-order valence-electron chi connectivity index (χ1n) is 7.11. The van der Waals surface area contributed by atoms with Gasteiger partial charge in [0.25, 0.3) is 0 Å². The van der Waals surface area contributed by atoms with Crippen molar-refractivity contribution in [2.75, 3.05) is 12.3 Å². The van der Waals surface area contributed by atoms with E-state index in [4.69, 9.17) is 5.73 Å². The number of pyridine rings is 1. The second-order valence-electron chi connectivity index (χ2n) is 5.21. The number of aromatic nitrogens is 1. The zero-order valence-electron chi connectivity index (χ0n) is 12.5. The Morgan fingerprint density at radius 1 is 1.20 bits per heavy atom. The number of benzene rings is 1. The van der Waals surface area contributed by atoms with Gasteiger partial charge in [0.05, 0.1) is 0 Å². The van der Waals surface area contributed by atoms with E-state index in [1.165, 1.54) is 16.7 Å². The molecule has 1 heterocycles. The number of nitrogens with one attached hydrogen (secondary N) is 1. The summed E-state index contributed by atoms with van der Waals surface area (Å²) in [4.78, 5) is 4.19. The molecule has 3 nitrogen and oxygen atoms in total. The first-order valence-corrected chi connectivity index (χ1v) is 7.11. The molecule has 0 saturated heterocycles. The van der Waals surface area contributed by atoms with Gasteiger partial charge in [0.2, 0.25) is 0 Å². The van der Waals surface area contributed by atoms with Crippen LogP contribution >= 0.6 is 0 Å². The molecule has 0 aliphatic rings. The zero-order chi connectivity index (χ0) is 14.5. The van der Waals surface area contributed by atoms with E-state index >= 15 is 0 Å². The van der Waals surface area contributed by atoms with Crippen LogP contribution in [0.25, 0.3) is 0 Å². The minimum Gasteiger partial charge on any atom is -0.383 e. The Morgan fingerprint density at radius 2 is 2.00 bits per heavy atom. The van der Waals surface area contributed by atoms with Gasteiger partial charge in [-0.3, -0.25) is 0 Å². The summed E-state index contributed by atoms with van der Waals surface area (Å²) in [6.45, 7) is 7.31. The van der Waals surface area contributed by atoms with Gasteiger partial charge in [-0.05, 0) is 49.6 Å². The molecule has 1 atom stereocenters. The maximum absolute atomic E-state index is 6.01. The van der Waals surface area contributed by atoms with Gasteiger partial charge in [-0.2, -0.15) is 0 Å². The summed E-state index contributed by atoms with van der Waals surface area (Å²) in [5, 5.41) is 3.50. The highest BCUT2D eigenvalue weighted by atomic mass is 14.9. The molecule has 2 rings (SSSR count). The molecular formula is C17H23N3. The van der Waals surface area contributed by atoms with Crippen LogP contribution in [0.1, 0.15) is 35.2 Å². The Balaban J connectivity index is 2.25. The number of hydrogen-bond acceptors (Lipinski definition) is 3. The summed E-state index contributed by atoms with van der Waals surface area (Å²) in [6, 6.07) is 10.8. The lowest BCUT2D eigenvalue weighted by molar-refractivity contribution is 0.550. The Labute approximate surface area is 121 Å². The molecule has 0 bridgehead atoms. The van der Waals surface area contributed by atoms with Gasteiger partial charge in [0, 0.05) is 17.8 Å². The van der Waals surface area contributed by atoms with Gasteiger partial charge >= 0.3 is 0 Å². The number of nitrogens with zero attached hydrogens (tertiary/aromatic N) is 1. The van der Waals surface area contributed by atoms with E-state index in [0.717, 1.165) is 18.5 Å². The fourth-order valence-electron chi connectivity index (χ4n) is 2.43. The number of nitrogens with two attached hydrogens (primary N) is 1. The fourth-order valence-corrected chi connectivity index (χ4v) is 2.43. The number of aryl methyl sites for hydroxylation is 2. The minimum absolute atomic E-state index is 0.204. The van der Waals surface area contributed by atoms with Crippen molar-refractivity contribution in [3.63, 3.8) is 0 Å². The molecule has 3 heteroatoms. The minimum atomic E-state index is 0.204. The van der Waals surface area contributed by atoms with Crippen molar-refractivity contribution in [3.05, 3.63) is 58.8 Å². The molecule has 0 saturated carbocycles. The normalized spacial score (nSPS) is 12.3. The van der Waals surface area contributed by atoms with Crippen LogP contribution in [0.15, 0.2) is 36.5 Å². The van der Waals surface area contributed by atoms with E-state index < -0.39 is 0 Å². The molecular weight excluding hydrogens is 246 g/mol. The standard InChI is InChI=1S/C17H23N3/c1-4-19-16(15-6-5-9-20-17(15)18)11-14-8-7-12(2)13(3)10-14/h5-10,16,19H,4,11H2,1-3H3,(H2,18,20). The quantitative estimate of drug-likeness (QED) is 0.876. The van der Waals surface area contributed by atoms with Gasteiger partial charge in [-0.1, -0.05) is 31.2 Å². The highest BCUT2D eigenvalue weighted by Gasteiger charge is 2.14. The van der Waals surface area contributed by atoms with Crippen molar-refractivity contribution < 1.29 is 0 Å². The third-order valence-corrected chi connectivity index (χ3v) is 3.71. The molecule has 0 aliphatic carbocycles. The highest BCUT2D eigenvalue weighted by molar-refractivity contribution is 5.42. The molecule has 0 aliphatic heterocycles. The summed E-state index contributed by atoms with van der Waals surface area (Å²) in [5.41, 5.74) is 11.1. The predicted octanol–water partition coefficient (Wildman–Crippen LogP) is 3.17. The Kier molecular flexibility index (Phi) is 4.74. The Hall–Kier alpha value is -1.87. The first kappa shape index (κ1) is 14.5. The summed E-state index contributed by atoms with van der Waals surface area (Å²) >= 11 is 0. The van der Waals surface area contributed by atoms with E-state index in [2.05, 4.69) is 55.3 Å². The molecule has 106 valence electrons. The summed E-state index contributed by atoms with van der Waals surface area (Å²) < 4.78 is 0. The number of likely N-dealkylation sites (N-methyl/N-ethyl adjacent to an activating group) is 1. The van der Waals surface area contributed by atoms with Crippen LogP contribution in [-0.4, -0.2) is 11.5 Å². The van der Waals surface area contributed by atoms with Gasteiger partial charge < -0.3 is 11.1 Å². The van der Waals surface area contributed by atoms with Gasteiger partial charge in [-0.15, -0.1) is 0 Å². The lowest BCUT2D eigenvalue weighted by Crippen LogP contribution is -2.24. The molecule has 20 heavy (non-hydrogen) atoms. The van der Waals surface area contributed by atoms with Crippen LogP contribution in [0.4, 0.5) is 5.82 Å². The number of nitrogen functional groups attached to an aromatic ring is 1. The smallest absolute Gasteiger partial charge is 0.128 e.